The molecule has 0 atom stereocenters. The summed E-state index contributed by atoms with van der Waals surface area (Å²) in [5.41, 5.74) is 8.92. The Hall–Kier alpha value is -4.70. The Labute approximate surface area is 202 Å². The number of imidazole rings is 1. The summed E-state index contributed by atoms with van der Waals surface area (Å²) < 4.78 is 8.30. The first-order chi connectivity index (χ1) is 17.3. The maximum absolute atomic E-state index is 6.04. The highest BCUT2D eigenvalue weighted by Crippen LogP contribution is 2.36. The Bertz CT molecular complexity index is 1860. The predicted molar refractivity (Wildman–Crippen MR) is 142 cm³/mol. The smallest absolute Gasteiger partial charge is 0.227 e. The summed E-state index contributed by atoms with van der Waals surface area (Å²) in [4.78, 5) is 9.67. The van der Waals surface area contributed by atoms with E-state index in [0.29, 0.717) is 5.71 Å². The molecule has 0 aliphatic rings. The van der Waals surface area contributed by atoms with Crippen molar-refractivity contribution in [1.29, 1.82) is 0 Å². The van der Waals surface area contributed by atoms with E-state index in [1.54, 1.807) is 0 Å². The third-order valence-corrected chi connectivity index (χ3v) is 6.52. The van der Waals surface area contributed by atoms with Gasteiger partial charge in [0.15, 0.2) is 0 Å². The molecule has 35 heavy (non-hydrogen) atoms. The molecule has 3 aromatic heterocycles. The third-order valence-electron chi connectivity index (χ3n) is 6.52. The second kappa shape index (κ2) is 7.67. The SMILES string of the molecule is Cc1ccc2c(n1)oc1ccc(-c3nc4ccccc4n3-c3ccccc3-c3ccccc3)cc12. The number of hydrogen-bond acceptors (Lipinski definition) is 3. The highest BCUT2D eigenvalue weighted by atomic mass is 16.3. The van der Waals surface area contributed by atoms with Crippen LogP contribution in [0, 0.1) is 6.92 Å². The van der Waals surface area contributed by atoms with Gasteiger partial charge in [0.05, 0.1) is 16.7 Å². The van der Waals surface area contributed by atoms with Gasteiger partial charge < -0.3 is 4.42 Å². The minimum atomic E-state index is 0.667. The van der Waals surface area contributed by atoms with Crippen LogP contribution < -0.4 is 0 Å². The molecule has 4 aromatic carbocycles. The van der Waals surface area contributed by atoms with E-state index < -0.39 is 0 Å². The van der Waals surface area contributed by atoms with E-state index in [0.717, 1.165) is 55.7 Å². The van der Waals surface area contributed by atoms with Crippen LogP contribution in [-0.2, 0) is 0 Å². The van der Waals surface area contributed by atoms with Crippen LogP contribution in [0.2, 0.25) is 0 Å². The average molecular weight is 452 g/mol. The van der Waals surface area contributed by atoms with E-state index in [1.165, 1.54) is 5.56 Å². The number of rotatable bonds is 3. The Morgan fingerprint density at radius 1 is 0.657 bits per heavy atom. The summed E-state index contributed by atoms with van der Waals surface area (Å²) in [6.45, 7) is 1.98. The lowest BCUT2D eigenvalue weighted by atomic mass is 10.0. The molecule has 4 heteroatoms. The van der Waals surface area contributed by atoms with Crippen molar-refractivity contribution in [3.63, 3.8) is 0 Å². The number of benzene rings is 4. The van der Waals surface area contributed by atoms with Crippen molar-refractivity contribution in [3.05, 3.63) is 115 Å². The van der Waals surface area contributed by atoms with Gasteiger partial charge in [0.25, 0.3) is 0 Å². The van der Waals surface area contributed by atoms with E-state index >= 15 is 0 Å². The van der Waals surface area contributed by atoms with Crippen LogP contribution in [0.25, 0.3) is 61.3 Å². The fourth-order valence-electron chi connectivity index (χ4n) is 4.88. The summed E-state index contributed by atoms with van der Waals surface area (Å²) in [5.74, 6) is 0.894. The van der Waals surface area contributed by atoms with Crippen LogP contribution in [0.5, 0.6) is 0 Å². The number of aromatic nitrogens is 3. The van der Waals surface area contributed by atoms with Gasteiger partial charge in [-0.1, -0.05) is 60.7 Å². The van der Waals surface area contributed by atoms with Gasteiger partial charge in [0, 0.05) is 27.6 Å². The fourth-order valence-corrected chi connectivity index (χ4v) is 4.88. The number of pyridine rings is 1. The quantitative estimate of drug-likeness (QED) is 0.274. The van der Waals surface area contributed by atoms with E-state index in [9.17, 15) is 0 Å². The number of nitrogens with zero attached hydrogens (tertiary/aromatic N) is 3. The normalized spacial score (nSPS) is 11.6. The minimum Gasteiger partial charge on any atom is -0.438 e. The molecule has 166 valence electrons. The molecule has 0 fully saturated rings. The van der Waals surface area contributed by atoms with Crippen molar-refractivity contribution in [2.24, 2.45) is 0 Å². The molecule has 0 N–H and O–H groups in total. The van der Waals surface area contributed by atoms with Crippen LogP contribution in [0.15, 0.2) is 114 Å². The van der Waals surface area contributed by atoms with Crippen molar-refractivity contribution in [1.82, 2.24) is 14.5 Å². The summed E-state index contributed by atoms with van der Waals surface area (Å²) in [6.07, 6.45) is 0. The molecule has 7 aromatic rings. The molecule has 0 spiro atoms. The highest BCUT2D eigenvalue weighted by Gasteiger charge is 2.18. The van der Waals surface area contributed by atoms with Gasteiger partial charge in [0.2, 0.25) is 5.71 Å². The molecule has 0 bridgehead atoms. The second-order valence-corrected chi connectivity index (χ2v) is 8.76. The monoisotopic (exact) mass is 451 g/mol. The van der Waals surface area contributed by atoms with Crippen LogP contribution in [-0.4, -0.2) is 14.5 Å². The van der Waals surface area contributed by atoms with Crippen LogP contribution in [0.4, 0.5) is 0 Å². The summed E-state index contributed by atoms with van der Waals surface area (Å²) in [6, 6.07) is 37.7. The zero-order valence-electron chi connectivity index (χ0n) is 19.1. The lowest BCUT2D eigenvalue weighted by molar-refractivity contribution is 0.652. The fraction of sp³-hybridized carbons (Fsp3) is 0.0323. The van der Waals surface area contributed by atoms with Crippen LogP contribution in [0.3, 0.4) is 0 Å². The molecule has 0 aliphatic heterocycles. The molecular weight excluding hydrogens is 430 g/mol. The van der Waals surface area contributed by atoms with Gasteiger partial charge in [-0.3, -0.25) is 4.57 Å². The predicted octanol–water partition coefficient (Wildman–Crippen LogP) is 7.96. The highest BCUT2D eigenvalue weighted by molar-refractivity contribution is 6.05. The molecule has 0 saturated carbocycles. The third kappa shape index (κ3) is 3.15. The van der Waals surface area contributed by atoms with Gasteiger partial charge in [-0.15, -0.1) is 0 Å². The summed E-state index contributed by atoms with van der Waals surface area (Å²) >= 11 is 0. The topological polar surface area (TPSA) is 43.9 Å². The molecule has 0 aliphatic carbocycles. The molecule has 0 unspecified atom stereocenters. The summed E-state index contributed by atoms with van der Waals surface area (Å²) in [7, 11) is 0. The number of para-hydroxylation sites is 3. The average Bonchev–Trinajstić information content (AvgIpc) is 3.46. The summed E-state index contributed by atoms with van der Waals surface area (Å²) in [5, 5.41) is 2.06. The van der Waals surface area contributed by atoms with Gasteiger partial charge in [0.1, 0.15) is 11.4 Å². The van der Waals surface area contributed by atoms with Gasteiger partial charge in [-0.05, 0) is 61.0 Å². The van der Waals surface area contributed by atoms with Crippen molar-refractivity contribution in [3.8, 4) is 28.2 Å². The number of fused-ring (bicyclic) bond motifs is 4. The molecule has 0 saturated heterocycles. The molecule has 3 heterocycles. The van der Waals surface area contributed by atoms with Crippen molar-refractivity contribution in [2.75, 3.05) is 0 Å². The first-order valence-electron chi connectivity index (χ1n) is 11.7. The maximum atomic E-state index is 6.04. The number of hydrogen-bond donors (Lipinski definition) is 0. The van der Waals surface area contributed by atoms with Crippen LogP contribution in [0.1, 0.15) is 5.69 Å². The second-order valence-electron chi connectivity index (χ2n) is 8.76. The Kier molecular flexibility index (Phi) is 4.33. The van der Waals surface area contributed by atoms with Crippen molar-refractivity contribution >= 4 is 33.1 Å². The van der Waals surface area contributed by atoms with E-state index in [2.05, 4.69) is 94.5 Å². The number of aryl methyl sites for hydroxylation is 1. The van der Waals surface area contributed by atoms with Crippen molar-refractivity contribution < 1.29 is 4.42 Å². The van der Waals surface area contributed by atoms with Crippen molar-refractivity contribution in [2.45, 2.75) is 6.92 Å². The van der Waals surface area contributed by atoms with E-state index in [4.69, 9.17) is 9.40 Å². The lowest BCUT2D eigenvalue weighted by Gasteiger charge is -2.15. The Morgan fingerprint density at radius 2 is 1.46 bits per heavy atom. The first kappa shape index (κ1) is 19.7. The Morgan fingerprint density at radius 3 is 2.37 bits per heavy atom. The zero-order chi connectivity index (χ0) is 23.4. The van der Waals surface area contributed by atoms with Gasteiger partial charge >= 0.3 is 0 Å². The van der Waals surface area contributed by atoms with Gasteiger partial charge in [-0.25, -0.2) is 9.97 Å². The van der Waals surface area contributed by atoms with Crippen LogP contribution >= 0.6 is 0 Å². The zero-order valence-corrected chi connectivity index (χ0v) is 19.1. The first-order valence-corrected chi connectivity index (χ1v) is 11.7. The molecular formula is C31H21N3O. The molecule has 7 rings (SSSR count). The van der Waals surface area contributed by atoms with E-state index in [1.807, 2.05) is 31.2 Å². The standard InChI is InChI=1S/C31H21N3O/c1-20-15-17-24-25-19-22(16-18-29(25)35-31(24)32-20)30-33-26-12-6-8-14-28(26)34(30)27-13-7-5-11-23(27)21-9-3-2-4-10-21/h2-19H,1H3. The maximum Gasteiger partial charge on any atom is 0.227 e. The molecule has 0 amide bonds. The largest absolute Gasteiger partial charge is 0.438 e. The lowest BCUT2D eigenvalue weighted by Crippen LogP contribution is -2.00. The van der Waals surface area contributed by atoms with E-state index in [-0.39, 0.29) is 0 Å². The minimum absolute atomic E-state index is 0.667. The van der Waals surface area contributed by atoms with Gasteiger partial charge in [-0.2, -0.15) is 0 Å². The molecule has 4 nitrogen and oxygen atoms in total. The molecule has 0 radical (unpaired) electrons. The Balaban J connectivity index is 1.52. The number of furan rings is 1.